The van der Waals surface area contributed by atoms with Crippen LogP contribution in [0.4, 0.5) is 0 Å². The zero-order chi connectivity index (χ0) is 11.2. The van der Waals surface area contributed by atoms with Crippen molar-refractivity contribution in [3.05, 3.63) is 12.2 Å². The summed E-state index contributed by atoms with van der Waals surface area (Å²) in [6.45, 7) is 3.38. The van der Waals surface area contributed by atoms with Crippen LogP contribution in [0.2, 0.25) is 0 Å². The first-order valence-corrected chi connectivity index (χ1v) is 6.71. The SMILES string of the molecule is CCCCCCCCCC=CCCNC. The Labute approximate surface area is 96.3 Å². The summed E-state index contributed by atoms with van der Waals surface area (Å²) in [7, 11) is 2.00. The van der Waals surface area contributed by atoms with E-state index in [4.69, 9.17) is 0 Å². The van der Waals surface area contributed by atoms with Crippen molar-refractivity contribution in [1.82, 2.24) is 5.32 Å². The van der Waals surface area contributed by atoms with Crippen LogP contribution in [0.25, 0.3) is 0 Å². The molecule has 0 heterocycles. The quantitative estimate of drug-likeness (QED) is 0.397. The van der Waals surface area contributed by atoms with E-state index in [0.717, 1.165) is 6.54 Å². The van der Waals surface area contributed by atoms with E-state index < -0.39 is 0 Å². The van der Waals surface area contributed by atoms with Crippen molar-refractivity contribution in [3.63, 3.8) is 0 Å². The maximum absolute atomic E-state index is 3.15. The fourth-order valence-electron chi connectivity index (χ4n) is 1.68. The Kier molecular flexibility index (Phi) is 13.4. The van der Waals surface area contributed by atoms with Crippen LogP contribution in [0.1, 0.15) is 64.7 Å². The van der Waals surface area contributed by atoms with Crippen LogP contribution >= 0.6 is 0 Å². The van der Waals surface area contributed by atoms with Gasteiger partial charge in [0.15, 0.2) is 0 Å². The Balaban J connectivity index is 2.95. The fraction of sp³-hybridized carbons (Fsp3) is 0.857. The van der Waals surface area contributed by atoms with Gasteiger partial charge in [-0.25, -0.2) is 0 Å². The highest BCUT2D eigenvalue weighted by Gasteiger charge is 1.89. The molecule has 0 radical (unpaired) electrons. The van der Waals surface area contributed by atoms with E-state index in [9.17, 15) is 0 Å². The fourth-order valence-corrected chi connectivity index (χ4v) is 1.68. The van der Waals surface area contributed by atoms with Crippen molar-refractivity contribution < 1.29 is 0 Å². The number of rotatable bonds is 11. The molecule has 0 aliphatic rings. The second-order valence-corrected chi connectivity index (χ2v) is 4.27. The normalized spacial score (nSPS) is 11.3. The summed E-state index contributed by atoms with van der Waals surface area (Å²) in [6, 6.07) is 0. The van der Waals surface area contributed by atoms with Crippen LogP contribution in [-0.4, -0.2) is 13.6 Å². The molecular formula is C14H29N. The Bertz CT molecular complexity index is 129. The van der Waals surface area contributed by atoms with Crippen LogP contribution in [0.5, 0.6) is 0 Å². The Hall–Kier alpha value is -0.300. The molecule has 0 bridgehead atoms. The van der Waals surface area contributed by atoms with E-state index in [2.05, 4.69) is 24.4 Å². The maximum atomic E-state index is 3.15. The summed E-state index contributed by atoms with van der Waals surface area (Å²) in [4.78, 5) is 0. The lowest BCUT2D eigenvalue weighted by atomic mass is 10.1. The Morgan fingerprint density at radius 2 is 1.40 bits per heavy atom. The third-order valence-electron chi connectivity index (χ3n) is 2.70. The van der Waals surface area contributed by atoms with Crippen LogP contribution in [0.15, 0.2) is 12.2 Å². The molecular weight excluding hydrogens is 182 g/mol. The van der Waals surface area contributed by atoms with Crippen molar-refractivity contribution in [2.75, 3.05) is 13.6 Å². The van der Waals surface area contributed by atoms with E-state index in [-0.39, 0.29) is 0 Å². The van der Waals surface area contributed by atoms with Crippen molar-refractivity contribution in [2.24, 2.45) is 0 Å². The van der Waals surface area contributed by atoms with Gasteiger partial charge in [0.25, 0.3) is 0 Å². The van der Waals surface area contributed by atoms with E-state index in [1.807, 2.05) is 7.05 Å². The molecule has 0 unspecified atom stereocenters. The van der Waals surface area contributed by atoms with E-state index in [1.54, 1.807) is 0 Å². The average Bonchev–Trinajstić information content (AvgIpc) is 2.26. The van der Waals surface area contributed by atoms with Crippen molar-refractivity contribution in [1.29, 1.82) is 0 Å². The molecule has 0 saturated heterocycles. The van der Waals surface area contributed by atoms with Gasteiger partial charge in [0, 0.05) is 0 Å². The largest absolute Gasteiger partial charge is 0.319 e. The minimum atomic E-state index is 1.10. The molecule has 90 valence electrons. The first-order chi connectivity index (χ1) is 7.41. The zero-order valence-corrected chi connectivity index (χ0v) is 10.7. The highest BCUT2D eigenvalue weighted by Crippen LogP contribution is 2.08. The highest BCUT2D eigenvalue weighted by atomic mass is 14.8. The predicted octanol–water partition coefficient (Wildman–Crippen LogP) is 4.29. The molecule has 0 saturated carbocycles. The third-order valence-corrected chi connectivity index (χ3v) is 2.70. The van der Waals surface area contributed by atoms with Crippen LogP contribution in [0.3, 0.4) is 0 Å². The monoisotopic (exact) mass is 211 g/mol. The molecule has 0 fully saturated rings. The average molecular weight is 211 g/mol. The molecule has 0 aromatic carbocycles. The predicted molar refractivity (Wildman–Crippen MR) is 70.3 cm³/mol. The second kappa shape index (κ2) is 13.7. The molecule has 0 aromatic heterocycles. The van der Waals surface area contributed by atoms with Crippen LogP contribution in [-0.2, 0) is 0 Å². The van der Waals surface area contributed by atoms with E-state index in [1.165, 1.54) is 57.8 Å². The first kappa shape index (κ1) is 14.7. The van der Waals surface area contributed by atoms with Crippen LogP contribution < -0.4 is 5.32 Å². The molecule has 1 nitrogen and oxygen atoms in total. The van der Waals surface area contributed by atoms with Gasteiger partial charge in [-0.05, 0) is 32.9 Å². The van der Waals surface area contributed by atoms with Gasteiger partial charge in [-0.3, -0.25) is 0 Å². The lowest BCUT2D eigenvalue weighted by Crippen LogP contribution is -2.05. The summed E-state index contributed by atoms with van der Waals surface area (Å²) in [6.07, 6.45) is 17.0. The number of allylic oxidation sites excluding steroid dienone is 1. The number of hydrogen-bond donors (Lipinski definition) is 1. The summed E-state index contributed by atoms with van der Waals surface area (Å²) in [5.74, 6) is 0. The summed E-state index contributed by atoms with van der Waals surface area (Å²) in [5, 5.41) is 3.15. The third kappa shape index (κ3) is 13.7. The van der Waals surface area contributed by atoms with Gasteiger partial charge in [-0.2, -0.15) is 0 Å². The molecule has 0 amide bonds. The van der Waals surface area contributed by atoms with Gasteiger partial charge in [-0.15, -0.1) is 0 Å². The van der Waals surface area contributed by atoms with Crippen molar-refractivity contribution in [2.45, 2.75) is 64.7 Å². The Morgan fingerprint density at radius 3 is 2.07 bits per heavy atom. The summed E-state index contributed by atoms with van der Waals surface area (Å²) >= 11 is 0. The minimum absolute atomic E-state index is 1.10. The van der Waals surface area contributed by atoms with Gasteiger partial charge in [-0.1, -0.05) is 57.6 Å². The topological polar surface area (TPSA) is 12.0 Å². The smallest absolute Gasteiger partial charge is 0.00173 e. The van der Waals surface area contributed by atoms with E-state index >= 15 is 0 Å². The molecule has 0 rings (SSSR count). The van der Waals surface area contributed by atoms with E-state index in [0.29, 0.717) is 0 Å². The molecule has 0 aromatic rings. The summed E-state index contributed by atoms with van der Waals surface area (Å²) in [5.41, 5.74) is 0. The standard InChI is InChI=1S/C14H29N/c1-3-4-5-6-7-8-9-10-11-12-13-14-15-2/h11-12,15H,3-10,13-14H2,1-2H3. The Morgan fingerprint density at radius 1 is 0.800 bits per heavy atom. The van der Waals surface area contributed by atoms with Gasteiger partial charge in [0.2, 0.25) is 0 Å². The highest BCUT2D eigenvalue weighted by molar-refractivity contribution is 4.81. The van der Waals surface area contributed by atoms with Gasteiger partial charge >= 0.3 is 0 Å². The molecule has 1 N–H and O–H groups in total. The molecule has 0 aliphatic carbocycles. The first-order valence-electron chi connectivity index (χ1n) is 6.71. The maximum Gasteiger partial charge on any atom is -0.00173 e. The molecule has 0 aliphatic heterocycles. The molecule has 0 spiro atoms. The van der Waals surface area contributed by atoms with Gasteiger partial charge < -0.3 is 5.32 Å². The lowest BCUT2D eigenvalue weighted by Gasteiger charge is -1.98. The van der Waals surface area contributed by atoms with Crippen molar-refractivity contribution in [3.8, 4) is 0 Å². The van der Waals surface area contributed by atoms with Gasteiger partial charge in [0.05, 0.1) is 0 Å². The number of hydrogen-bond acceptors (Lipinski definition) is 1. The second-order valence-electron chi connectivity index (χ2n) is 4.27. The van der Waals surface area contributed by atoms with Gasteiger partial charge in [0.1, 0.15) is 0 Å². The summed E-state index contributed by atoms with van der Waals surface area (Å²) < 4.78 is 0. The molecule has 1 heteroatoms. The molecule has 15 heavy (non-hydrogen) atoms. The zero-order valence-electron chi connectivity index (χ0n) is 10.7. The van der Waals surface area contributed by atoms with Crippen LogP contribution in [0, 0.1) is 0 Å². The van der Waals surface area contributed by atoms with Crippen molar-refractivity contribution >= 4 is 0 Å². The lowest BCUT2D eigenvalue weighted by molar-refractivity contribution is 0.592. The number of nitrogens with one attached hydrogen (secondary N) is 1. The minimum Gasteiger partial charge on any atom is -0.319 e. The molecule has 0 atom stereocenters. The number of unbranched alkanes of at least 4 members (excludes halogenated alkanes) is 7.